The van der Waals surface area contributed by atoms with Crippen LogP contribution in [0.4, 0.5) is 11.1 Å². The van der Waals surface area contributed by atoms with Gasteiger partial charge in [0, 0.05) is 38.6 Å². The van der Waals surface area contributed by atoms with Crippen molar-refractivity contribution in [1.82, 2.24) is 20.2 Å². The molecule has 0 aliphatic carbocycles. The van der Waals surface area contributed by atoms with E-state index < -0.39 is 0 Å². The maximum Gasteiger partial charge on any atom is 0.225 e. The number of nitrogens with zero attached hydrogens (tertiary/aromatic N) is 5. The molecule has 1 fully saturated rings. The Kier molecular flexibility index (Phi) is 3.20. The molecule has 6 nitrogen and oxygen atoms in total. The first-order valence-electron chi connectivity index (χ1n) is 5.65. The first kappa shape index (κ1) is 11.5. The van der Waals surface area contributed by atoms with Crippen LogP contribution in [-0.2, 0) is 0 Å². The van der Waals surface area contributed by atoms with Gasteiger partial charge in [-0.2, -0.15) is 0 Å². The summed E-state index contributed by atoms with van der Waals surface area (Å²) in [4.78, 5) is 12.9. The van der Waals surface area contributed by atoms with Crippen LogP contribution in [0.25, 0.3) is 0 Å². The van der Waals surface area contributed by atoms with Crippen LogP contribution in [0.15, 0.2) is 18.5 Å². The summed E-state index contributed by atoms with van der Waals surface area (Å²) in [6.07, 6.45) is 3.54. The average Bonchev–Trinajstić information content (AvgIpc) is 2.87. The van der Waals surface area contributed by atoms with E-state index in [1.54, 1.807) is 12.4 Å². The molecule has 0 saturated carbocycles. The number of anilines is 2. The second-order valence-corrected chi connectivity index (χ2v) is 5.56. The molecular weight excluding hydrogens is 268 g/mol. The molecule has 0 bridgehead atoms. The lowest BCUT2D eigenvalue weighted by molar-refractivity contribution is 0.636. The predicted molar refractivity (Wildman–Crippen MR) is 73.8 cm³/mol. The molecule has 1 N–H and O–H groups in total. The molecule has 1 saturated heterocycles. The summed E-state index contributed by atoms with van der Waals surface area (Å²) in [5.41, 5.74) is 0. The van der Waals surface area contributed by atoms with Crippen LogP contribution in [0.2, 0.25) is 0 Å². The van der Waals surface area contributed by atoms with Crippen LogP contribution in [-0.4, -0.2) is 46.3 Å². The Morgan fingerprint density at radius 1 is 1.11 bits per heavy atom. The van der Waals surface area contributed by atoms with Gasteiger partial charge in [0.15, 0.2) is 3.95 Å². The van der Waals surface area contributed by atoms with Gasteiger partial charge in [-0.05, 0) is 18.3 Å². The smallest absolute Gasteiger partial charge is 0.225 e. The monoisotopic (exact) mass is 280 g/mol. The third-order valence-corrected chi connectivity index (χ3v) is 3.96. The zero-order valence-electron chi connectivity index (χ0n) is 9.61. The number of hydrogen-bond acceptors (Lipinski definition) is 7. The van der Waals surface area contributed by atoms with Gasteiger partial charge in [0.25, 0.3) is 0 Å². The Balaban J connectivity index is 1.66. The maximum absolute atomic E-state index is 5.05. The maximum atomic E-state index is 5.05. The van der Waals surface area contributed by atoms with E-state index in [1.807, 2.05) is 6.07 Å². The van der Waals surface area contributed by atoms with Crippen LogP contribution >= 0.6 is 23.6 Å². The van der Waals surface area contributed by atoms with E-state index in [2.05, 4.69) is 30.0 Å². The van der Waals surface area contributed by atoms with Crippen molar-refractivity contribution in [3.8, 4) is 0 Å². The van der Waals surface area contributed by atoms with Crippen molar-refractivity contribution in [3.63, 3.8) is 0 Å². The third kappa shape index (κ3) is 2.34. The molecule has 0 atom stereocenters. The molecule has 2 aromatic rings. The van der Waals surface area contributed by atoms with Gasteiger partial charge in [-0.15, -0.1) is 5.10 Å². The highest BCUT2D eigenvalue weighted by Gasteiger charge is 2.20. The normalized spacial score (nSPS) is 16.0. The van der Waals surface area contributed by atoms with Gasteiger partial charge < -0.3 is 9.80 Å². The quantitative estimate of drug-likeness (QED) is 0.837. The largest absolute Gasteiger partial charge is 0.343 e. The molecule has 3 rings (SSSR count). The van der Waals surface area contributed by atoms with E-state index in [0.717, 1.165) is 41.2 Å². The van der Waals surface area contributed by atoms with Crippen molar-refractivity contribution < 1.29 is 0 Å². The van der Waals surface area contributed by atoms with E-state index in [9.17, 15) is 0 Å². The number of aromatic amines is 1. The summed E-state index contributed by atoms with van der Waals surface area (Å²) in [7, 11) is 0. The van der Waals surface area contributed by atoms with Crippen molar-refractivity contribution >= 4 is 34.6 Å². The lowest BCUT2D eigenvalue weighted by Crippen LogP contribution is -2.47. The minimum atomic E-state index is 0.721. The third-order valence-electron chi connectivity index (χ3n) is 2.81. The molecule has 18 heavy (non-hydrogen) atoms. The summed E-state index contributed by atoms with van der Waals surface area (Å²) in [5, 5.41) is 7.98. The Morgan fingerprint density at radius 3 is 2.39 bits per heavy atom. The molecule has 1 aliphatic heterocycles. The lowest BCUT2D eigenvalue weighted by atomic mass is 10.3. The SMILES string of the molecule is S=c1[nH]nc(N2CCN(c3ncccn3)CC2)s1. The first-order chi connectivity index (χ1) is 8.83. The molecule has 0 aromatic carbocycles. The van der Waals surface area contributed by atoms with E-state index in [-0.39, 0.29) is 0 Å². The molecule has 0 spiro atoms. The van der Waals surface area contributed by atoms with Crippen LogP contribution in [0.3, 0.4) is 0 Å². The number of H-pyrrole nitrogens is 1. The highest BCUT2D eigenvalue weighted by molar-refractivity contribution is 7.73. The van der Waals surface area contributed by atoms with E-state index >= 15 is 0 Å². The number of aromatic nitrogens is 4. The van der Waals surface area contributed by atoms with Gasteiger partial charge in [0.1, 0.15) is 0 Å². The Labute approximate surface area is 113 Å². The second kappa shape index (κ2) is 4.99. The van der Waals surface area contributed by atoms with Crippen molar-refractivity contribution in [3.05, 3.63) is 22.4 Å². The van der Waals surface area contributed by atoms with Gasteiger partial charge in [0.05, 0.1) is 0 Å². The molecule has 0 unspecified atom stereocenters. The molecule has 2 aromatic heterocycles. The Bertz CT molecular complexity index is 557. The predicted octanol–water partition coefficient (Wildman–Crippen LogP) is 1.32. The van der Waals surface area contributed by atoms with Crippen molar-refractivity contribution in [2.75, 3.05) is 36.0 Å². The van der Waals surface area contributed by atoms with Crippen molar-refractivity contribution in [2.24, 2.45) is 0 Å². The summed E-state index contributed by atoms with van der Waals surface area (Å²) in [6, 6.07) is 1.83. The summed E-state index contributed by atoms with van der Waals surface area (Å²) >= 11 is 6.56. The highest BCUT2D eigenvalue weighted by Crippen LogP contribution is 2.20. The fourth-order valence-electron chi connectivity index (χ4n) is 1.91. The molecule has 94 valence electrons. The fraction of sp³-hybridized carbons (Fsp3) is 0.400. The lowest BCUT2D eigenvalue weighted by Gasteiger charge is -2.34. The highest BCUT2D eigenvalue weighted by atomic mass is 32.1. The number of rotatable bonds is 2. The number of piperazine rings is 1. The fourth-order valence-corrected chi connectivity index (χ4v) is 2.84. The standard InChI is InChI=1S/C10H12N6S2/c17-10-14-13-9(18-10)16-6-4-15(5-7-16)8-11-2-1-3-12-8/h1-3H,4-7H2,(H,14,17). The summed E-state index contributed by atoms with van der Waals surface area (Å²) < 4.78 is 0.721. The van der Waals surface area contributed by atoms with Gasteiger partial charge in [0.2, 0.25) is 11.1 Å². The van der Waals surface area contributed by atoms with Crippen LogP contribution < -0.4 is 9.80 Å². The second-order valence-electron chi connectivity index (χ2n) is 3.92. The molecule has 3 heterocycles. The Hall–Kier alpha value is -1.54. The van der Waals surface area contributed by atoms with E-state index in [4.69, 9.17) is 12.2 Å². The van der Waals surface area contributed by atoms with Crippen LogP contribution in [0, 0.1) is 3.95 Å². The summed E-state index contributed by atoms with van der Waals surface area (Å²) in [6.45, 7) is 3.62. The zero-order valence-corrected chi connectivity index (χ0v) is 11.2. The molecule has 8 heteroatoms. The van der Waals surface area contributed by atoms with Gasteiger partial charge >= 0.3 is 0 Å². The van der Waals surface area contributed by atoms with Crippen LogP contribution in [0.5, 0.6) is 0 Å². The Morgan fingerprint density at radius 2 is 1.78 bits per heavy atom. The number of hydrogen-bond donors (Lipinski definition) is 1. The van der Waals surface area contributed by atoms with E-state index in [0.29, 0.717) is 0 Å². The zero-order chi connectivity index (χ0) is 12.4. The molecule has 1 aliphatic rings. The topological polar surface area (TPSA) is 60.9 Å². The molecule has 0 radical (unpaired) electrons. The molecular formula is C10H12N6S2. The minimum Gasteiger partial charge on any atom is -0.343 e. The van der Waals surface area contributed by atoms with Crippen molar-refractivity contribution in [1.29, 1.82) is 0 Å². The van der Waals surface area contributed by atoms with Crippen LogP contribution in [0.1, 0.15) is 0 Å². The van der Waals surface area contributed by atoms with E-state index in [1.165, 1.54) is 11.3 Å². The first-order valence-corrected chi connectivity index (χ1v) is 6.88. The molecule has 0 amide bonds. The summed E-state index contributed by atoms with van der Waals surface area (Å²) in [5.74, 6) is 0.798. The van der Waals surface area contributed by atoms with Gasteiger partial charge in [-0.25, -0.2) is 9.97 Å². The number of nitrogens with one attached hydrogen (secondary N) is 1. The van der Waals surface area contributed by atoms with Crippen molar-refractivity contribution in [2.45, 2.75) is 0 Å². The minimum absolute atomic E-state index is 0.721. The van der Waals surface area contributed by atoms with Gasteiger partial charge in [-0.1, -0.05) is 11.3 Å². The van der Waals surface area contributed by atoms with Gasteiger partial charge in [-0.3, -0.25) is 5.10 Å². The average molecular weight is 280 g/mol.